The molecular formula is C27H23N3O2S. The van der Waals surface area contributed by atoms with E-state index >= 15 is 0 Å². The fourth-order valence-electron chi connectivity index (χ4n) is 3.95. The van der Waals surface area contributed by atoms with Crippen molar-refractivity contribution in [3.05, 3.63) is 102 Å². The number of amides is 1. The Balaban J connectivity index is 1.89. The van der Waals surface area contributed by atoms with Gasteiger partial charge in [0.2, 0.25) is 0 Å². The van der Waals surface area contributed by atoms with Crippen molar-refractivity contribution in [2.45, 2.75) is 18.2 Å². The highest BCUT2D eigenvalue weighted by molar-refractivity contribution is 7.89. The first kappa shape index (κ1) is 22.5. The zero-order valence-electron chi connectivity index (χ0n) is 18.2. The largest absolute Gasteiger partial charge is 0.616 e. The number of nitriles is 1. The number of benzene rings is 3. The van der Waals surface area contributed by atoms with E-state index in [4.69, 9.17) is 4.98 Å². The fraction of sp³-hybridized carbons (Fsp3) is 0.148. The Labute approximate surface area is 196 Å². The molecule has 6 heteroatoms. The number of carbonyl (C=O) groups excluding carboxylic acids is 1. The molecule has 3 aromatic carbocycles. The van der Waals surface area contributed by atoms with Gasteiger partial charge in [-0.3, -0.25) is 4.79 Å². The summed E-state index contributed by atoms with van der Waals surface area (Å²) < 4.78 is 12.4. The highest BCUT2D eigenvalue weighted by Gasteiger charge is 2.26. The van der Waals surface area contributed by atoms with Crippen molar-refractivity contribution >= 4 is 28.0 Å². The second kappa shape index (κ2) is 10.3. The van der Waals surface area contributed by atoms with Crippen LogP contribution in [0.3, 0.4) is 0 Å². The summed E-state index contributed by atoms with van der Waals surface area (Å²) in [5.74, 6) is -0.116. The van der Waals surface area contributed by atoms with Crippen LogP contribution < -0.4 is 5.32 Å². The molecule has 0 aliphatic carbocycles. The molecule has 0 aliphatic rings. The summed E-state index contributed by atoms with van der Waals surface area (Å²) in [6, 6.07) is 28.2. The number of rotatable bonds is 7. The standard InChI is InChI=1S/C27H23N3O2S/c1-33(32)18-22-25(27(31)30-23(16-17-28)19-10-4-2-5-11-19)21-14-8-9-15-24(21)29-26(22)20-12-6-3-7-13-20/h2-15,23H,16,18H2,1H3,(H,30,31). The lowest BCUT2D eigenvalue weighted by molar-refractivity contribution is 0.0938. The molecule has 4 rings (SSSR count). The van der Waals surface area contributed by atoms with Gasteiger partial charge in [-0.2, -0.15) is 5.26 Å². The zero-order valence-corrected chi connectivity index (χ0v) is 19.0. The Hall–Kier alpha value is -3.66. The van der Waals surface area contributed by atoms with E-state index in [0.717, 1.165) is 11.1 Å². The zero-order chi connectivity index (χ0) is 23.2. The van der Waals surface area contributed by atoms with Gasteiger partial charge in [0.15, 0.2) is 0 Å². The number of hydrogen-bond acceptors (Lipinski definition) is 4. The molecule has 2 atom stereocenters. The minimum absolute atomic E-state index is 0.138. The van der Waals surface area contributed by atoms with Crippen LogP contribution in [0.4, 0.5) is 0 Å². The van der Waals surface area contributed by atoms with Gasteiger partial charge in [0.25, 0.3) is 5.91 Å². The van der Waals surface area contributed by atoms with E-state index in [9.17, 15) is 14.6 Å². The average molecular weight is 454 g/mol. The molecule has 0 aliphatic heterocycles. The van der Waals surface area contributed by atoms with Gasteiger partial charge in [-0.1, -0.05) is 90.0 Å². The first-order chi connectivity index (χ1) is 16.1. The third-order valence-corrected chi connectivity index (χ3v) is 6.11. The van der Waals surface area contributed by atoms with Gasteiger partial charge in [-0.15, -0.1) is 0 Å². The number of nitrogens with zero attached hydrogens (tertiary/aromatic N) is 2. The molecule has 1 heterocycles. The fourth-order valence-corrected chi connectivity index (χ4v) is 4.64. The lowest BCUT2D eigenvalue weighted by Gasteiger charge is -2.21. The van der Waals surface area contributed by atoms with E-state index in [1.807, 2.05) is 84.9 Å². The van der Waals surface area contributed by atoms with Crippen LogP contribution in [0.25, 0.3) is 22.2 Å². The molecular weight excluding hydrogens is 430 g/mol. The molecule has 33 heavy (non-hydrogen) atoms. The predicted octanol–water partition coefficient (Wildman–Crippen LogP) is 5.17. The first-order valence-electron chi connectivity index (χ1n) is 10.6. The summed E-state index contributed by atoms with van der Waals surface area (Å²) in [6.07, 6.45) is 1.76. The maximum Gasteiger partial charge on any atom is 0.253 e. The van der Waals surface area contributed by atoms with E-state index in [0.29, 0.717) is 27.7 Å². The number of para-hydroxylation sites is 1. The van der Waals surface area contributed by atoms with E-state index in [1.54, 1.807) is 6.26 Å². The van der Waals surface area contributed by atoms with Crippen LogP contribution >= 0.6 is 0 Å². The van der Waals surface area contributed by atoms with E-state index in [2.05, 4.69) is 11.4 Å². The topological polar surface area (TPSA) is 88.8 Å². The van der Waals surface area contributed by atoms with Gasteiger partial charge in [-0.25, -0.2) is 4.98 Å². The van der Waals surface area contributed by atoms with Crippen molar-refractivity contribution in [2.24, 2.45) is 0 Å². The summed E-state index contributed by atoms with van der Waals surface area (Å²) >= 11 is -1.19. The molecule has 5 nitrogen and oxygen atoms in total. The summed E-state index contributed by atoms with van der Waals surface area (Å²) in [6.45, 7) is 0. The molecule has 2 unspecified atom stereocenters. The Morgan fingerprint density at radius 3 is 2.33 bits per heavy atom. The maximum atomic E-state index is 13.8. The number of aromatic nitrogens is 1. The number of hydrogen-bond donors (Lipinski definition) is 1. The second-order valence-electron chi connectivity index (χ2n) is 7.71. The molecule has 1 amide bonds. The molecule has 0 saturated heterocycles. The predicted molar refractivity (Wildman–Crippen MR) is 132 cm³/mol. The van der Waals surface area contributed by atoms with Gasteiger partial charge in [0.05, 0.1) is 41.6 Å². The molecule has 0 saturated carbocycles. The van der Waals surface area contributed by atoms with Crippen LogP contribution in [-0.4, -0.2) is 21.7 Å². The normalized spacial score (nSPS) is 12.6. The minimum atomic E-state index is -1.19. The molecule has 164 valence electrons. The Kier molecular flexibility index (Phi) is 7.04. The first-order valence-corrected chi connectivity index (χ1v) is 12.3. The summed E-state index contributed by atoms with van der Waals surface area (Å²) in [5.41, 5.74) is 4.13. The van der Waals surface area contributed by atoms with Crippen LogP contribution in [-0.2, 0) is 16.9 Å². The smallest absolute Gasteiger partial charge is 0.253 e. The molecule has 1 N–H and O–H groups in total. The number of pyridine rings is 1. The van der Waals surface area contributed by atoms with Gasteiger partial charge in [0.1, 0.15) is 5.75 Å². The third kappa shape index (κ3) is 5.06. The van der Waals surface area contributed by atoms with Gasteiger partial charge < -0.3 is 9.87 Å². The van der Waals surface area contributed by atoms with Crippen LogP contribution in [0.15, 0.2) is 84.9 Å². The minimum Gasteiger partial charge on any atom is -0.616 e. The second-order valence-corrected chi connectivity index (χ2v) is 9.15. The SMILES string of the molecule is C[S+]([O-])Cc1c(-c2ccccc2)nc2ccccc2c1C(=O)NC(CC#N)c1ccccc1. The highest BCUT2D eigenvalue weighted by atomic mass is 32.2. The van der Waals surface area contributed by atoms with Crippen molar-refractivity contribution in [3.63, 3.8) is 0 Å². The van der Waals surface area contributed by atoms with Gasteiger partial charge >= 0.3 is 0 Å². The molecule has 0 spiro atoms. The average Bonchev–Trinajstić information content (AvgIpc) is 2.84. The quantitative estimate of drug-likeness (QED) is 0.391. The lowest BCUT2D eigenvalue weighted by Crippen LogP contribution is -2.30. The monoisotopic (exact) mass is 453 g/mol. The van der Waals surface area contributed by atoms with Crippen molar-refractivity contribution < 1.29 is 9.35 Å². The summed E-state index contributed by atoms with van der Waals surface area (Å²) in [4.78, 5) is 18.6. The van der Waals surface area contributed by atoms with Crippen LogP contribution in [0.2, 0.25) is 0 Å². The van der Waals surface area contributed by atoms with Crippen molar-refractivity contribution in [1.29, 1.82) is 5.26 Å². The van der Waals surface area contributed by atoms with Crippen molar-refractivity contribution in [3.8, 4) is 17.3 Å². The van der Waals surface area contributed by atoms with Crippen LogP contribution in [0.1, 0.15) is 33.9 Å². The molecule has 0 fully saturated rings. The van der Waals surface area contributed by atoms with Gasteiger partial charge in [-0.05, 0) is 11.6 Å². The van der Waals surface area contributed by atoms with E-state index in [-0.39, 0.29) is 18.1 Å². The maximum absolute atomic E-state index is 13.8. The highest BCUT2D eigenvalue weighted by Crippen LogP contribution is 2.32. The van der Waals surface area contributed by atoms with Gasteiger partial charge in [0, 0.05) is 16.5 Å². The summed E-state index contributed by atoms with van der Waals surface area (Å²) in [7, 11) is 0. The number of nitrogens with one attached hydrogen (secondary N) is 1. The van der Waals surface area contributed by atoms with Crippen LogP contribution in [0, 0.1) is 11.3 Å². The Morgan fingerprint density at radius 2 is 1.67 bits per heavy atom. The van der Waals surface area contributed by atoms with E-state index < -0.39 is 17.2 Å². The number of fused-ring (bicyclic) bond motifs is 1. The molecule has 0 radical (unpaired) electrons. The molecule has 4 aromatic rings. The Bertz CT molecular complexity index is 1300. The van der Waals surface area contributed by atoms with Crippen molar-refractivity contribution in [2.75, 3.05) is 6.26 Å². The van der Waals surface area contributed by atoms with Crippen molar-refractivity contribution in [1.82, 2.24) is 10.3 Å². The number of carbonyl (C=O) groups is 1. The Morgan fingerprint density at radius 1 is 1.03 bits per heavy atom. The van der Waals surface area contributed by atoms with Crippen LogP contribution in [0.5, 0.6) is 0 Å². The summed E-state index contributed by atoms with van der Waals surface area (Å²) in [5, 5.41) is 13.1. The lowest BCUT2D eigenvalue weighted by atomic mass is 9.96. The van der Waals surface area contributed by atoms with E-state index in [1.165, 1.54) is 0 Å². The molecule has 1 aromatic heterocycles. The third-order valence-electron chi connectivity index (χ3n) is 5.42. The molecule has 0 bridgehead atoms.